The van der Waals surface area contributed by atoms with Crippen molar-refractivity contribution < 1.29 is 18.7 Å². The van der Waals surface area contributed by atoms with Crippen LogP contribution in [0.2, 0.25) is 18.1 Å². The number of hydrogen-bond acceptors (Lipinski definition) is 4. The Morgan fingerprint density at radius 3 is 1.70 bits per heavy atom. The van der Waals surface area contributed by atoms with Crippen molar-refractivity contribution >= 4 is 14.3 Å². The van der Waals surface area contributed by atoms with Gasteiger partial charge in [-0.3, -0.25) is 0 Å². The number of esters is 1. The maximum absolute atomic E-state index is 11.7. The molecule has 1 atom stereocenters. The van der Waals surface area contributed by atoms with Crippen LogP contribution in [0.3, 0.4) is 0 Å². The minimum Gasteiger partial charge on any atom is -0.463 e. The highest BCUT2D eigenvalue weighted by atomic mass is 28.4. The molecule has 3 aromatic carbocycles. The van der Waals surface area contributed by atoms with Crippen molar-refractivity contribution in [2.45, 2.75) is 64.0 Å². The first-order valence-corrected chi connectivity index (χ1v) is 17.0. The summed E-state index contributed by atoms with van der Waals surface area (Å²) < 4.78 is 19.0. The fourth-order valence-electron chi connectivity index (χ4n) is 4.36. The topological polar surface area (TPSA) is 44.8 Å². The Morgan fingerprint density at radius 2 is 1.27 bits per heavy atom. The minimum atomic E-state index is -2.11. The molecule has 0 unspecified atom stereocenters. The Labute approximate surface area is 241 Å². The second-order valence-corrected chi connectivity index (χ2v) is 16.1. The summed E-state index contributed by atoms with van der Waals surface area (Å²) in [5, 5.41) is 0.0498. The Kier molecular flexibility index (Phi) is 11.3. The van der Waals surface area contributed by atoms with Gasteiger partial charge in [-0.1, -0.05) is 130 Å². The fourth-order valence-corrected chi connectivity index (χ4v) is 5.71. The Morgan fingerprint density at radius 1 is 0.800 bits per heavy atom. The van der Waals surface area contributed by atoms with Crippen molar-refractivity contribution in [3.8, 4) is 0 Å². The van der Waals surface area contributed by atoms with Gasteiger partial charge >= 0.3 is 5.97 Å². The Hall–Kier alpha value is -3.25. The van der Waals surface area contributed by atoms with E-state index in [0.29, 0.717) is 19.6 Å². The number of ether oxygens (including phenoxy) is 2. The van der Waals surface area contributed by atoms with E-state index in [1.54, 1.807) is 13.0 Å². The molecule has 0 bridgehead atoms. The number of rotatable bonds is 13. The SMILES string of the molecule is CCOC(=O)/C=C\C=C\C[C@@H](COC(c1ccccc1)(c1ccccc1)c1ccccc1)O[Si](C)(C)C(C)(C)C. The molecule has 0 radical (unpaired) electrons. The maximum atomic E-state index is 11.7. The fraction of sp³-hybridized carbons (Fsp3) is 0.343. The van der Waals surface area contributed by atoms with Gasteiger partial charge in [-0.25, -0.2) is 4.79 Å². The lowest BCUT2D eigenvalue weighted by atomic mass is 9.80. The third kappa shape index (κ3) is 8.13. The summed E-state index contributed by atoms with van der Waals surface area (Å²) in [6, 6.07) is 31.2. The van der Waals surface area contributed by atoms with E-state index >= 15 is 0 Å². The van der Waals surface area contributed by atoms with Crippen LogP contribution in [0.4, 0.5) is 0 Å². The number of hydrogen-bond donors (Lipinski definition) is 0. The molecule has 0 aromatic heterocycles. The molecule has 3 aromatic rings. The average Bonchev–Trinajstić information content (AvgIpc) is 2.94. The summed E-state index contributed by atoms with van der Waals surface area (Å²) >= 11 is 0. The van der Waals surface area contributed by atoms with E-state index in [1.807, 2.05) is 30.4 Å². The van der Waals surface area contributed by atoms with Gasteiger partial charge in [0.2, 0.25) is 0 Å². The molecule has 0 saturated heterocycles. The maximum Gasteiger partial charge on any atom is 0.330 e. The van der Waals surface area contributed by atoms with E-state index in [-0.39, 0.29) is 17.1 Å². The number of benzene rings is 3. The van der Waals surface area contributed by atoms with E-state index in [1.165, 1.54) is 6.08 Å². The highest BCUT2D eigenvalue weighted by Crippen LogP contribution is 2.42. The van der Waals surface area contributed by atoms with Gasteiger partial charge in [0.25, 0.3) is 0 Å². The van der Waals surface area contributed by atoms with Gasteiger partial charge in [-0.2, -0.15) is 0 Å². The normalized spacial score (nSPS) is 13.6. The first kappa shape index (κ1) is 31.3. The van der Waals surface area contributed by atoms with Crippen LogP contribution in [0.5, 0.6) is 0 Å². The van der Waals surface area contributed by atoms with E-state index < -0.39 is 13.9 Å². The molecule has 0 N–H and O–H groups in total. The largest absolute Gasteiger partial charge is 0.463 e. The standard InChI is InChI=1S/C35H44O4Si/c1-7-37-33(36)27-19-11-18-26-32(39-40(5,6)34(2,3)4)28-38-35(29-20-12-8-13-21-29,30-22-14-9-15-23-30)31-24-16-10-17-25-31/h8-25,27,32H,7,26,28H2,1-6H3/b18-11+,27-19-/t32-/m0/s1. The van der Waals surface area contributed by atoms with E-state index in [2.05, 4.69) is 107 Å². The molecule has 4 nitrogen and oxygen atoms in total. The highest BCUT2D eigenvalue weighted by Gasteiger charge is 2.41. The van der Waals surface area contributed by atoms with Gasteiger partial charge in [-0.15, -0.1) is 0 Å². The summed E-state index contributed by atoms with van der Waals surface area (Å²) in [6.45, 7) is 13.8. The van der Waals surface area contributed by atoms with Crippen LogP contribution in [-0.2, 0) is 24.3 Å². The molecule has 212 valence electrons. The third-order valence-corrected chi connectivity index (χ3v) is 12.0. The van der Waals surface area contributed by atoms with Crippen LogP contribution < -0.4 is 0 Å². The van der Waals surface area contributed by atoms with Gasteiger partial charge < -0.3 is 13.9 Å². The number of carbonyl (C=O) groups is 1. The second kappa shape index (κ2) is 14.4. The summed E-state index contributed by atoms with van der Waals surface area (Å²) in [6.07, 6.45) is 7.53. The summed E-state index contributed by atoms with van der Waals surface area (Å²) in [5.41, 5.74) is 2.37. The molecule has 0 aliphatic heterocycles. The van der Waals surface area contributed by atoms with Crippen molar-refractivity contribution in [2.24, 2.45) is 0 Å². The second-order valence-electron chi connectivity index (χ2n) is 11.4. The van der Waals surface area contributed by atoms with Crippen molar-refractivity contribution in [2.75, 3.05) is 13.2 Å². The van der Waals surface area contributed by atoms with Crippen molar-refractivity contribution in [3.05, 3.63) is 132 Å². The van der Waals surface area contributed by atoms with Gasteiger partial charge in [-0.05, 0) is 48.2 Å². The molecule has 40 heavy (non-hydrogen) atoms. The first-order chi connectivity index (χ1) is 19.1. The van der Waals surface area contributed by atoms with Crippen molar-refractivity contribution in [3.63, 3.8) is 0 Å². The summed E-state index contributed by atoms with van der Waals surface area (Å²) in [5.74, 6) is -0.345. The van der Waals surface area contributed by atoms with Crippen LogP contribution in [0.1, 0.15) is 50.8 Å². The lowest BCUT2D eigenvalue weighted by molar-refractivity contribution is -0.137. The molecule has 0 fully saturated rings. The van der Waals surface area contributed by atoms with Crippen LogP contribution >= 0.6 is 0 Å². The molecule has 0 saturated carbocycles. The van der Waals surface area contributed by atoms with Gasteiger partial charge in [0.05, 0.1) is 19.3 Å². The molecule has 3 rings (SSSR count). The lowest BCUT2D eigenvalue weighted by Gasteiger charge is -2.41. The van der Waals surface area contributed by atoms with Crippen LogP contribution in [-0.4, -0.2) is 33.6 Å². The zero-order chi connectivity index (χ0) is 29.1. The van der Waals surface area contributed by atoms with Crippen molar-refractivity contribution in [1.82, 2.24) is 0 Å². The summed E-state index contributed by atoms with van der Waals surface area (Å²) in [7, 11) is -2.11. The van der Waals surface area contributed by atoms with Gasteiger partial charge in [0.15, 0.2) is 8.32 Å². The first-order valence-electron chi connectivity index (χ1n) is 14.1. The third-order valence-electron chi connectivity index (χ3n) is 7.46. The quantitative estimate of drug-likeness (QED) is 0.0696. The monoisotopic (exact) mass is 556 g/mol. The van der Waals surface area contributed by atoms with E-state index in [4.69, 9.17) is 13.9 Å². The predicted octanol–water partition coefficient (Wildman–Crippen LogP) is 8.45. The lowest BCUT2D eigenvalue weighted by Crippen LogP contribution is -2.46. The Bertz CT molecular complexity index is 1130. The number of carbonyl (C=O) groups excluding carboxylic acids is 1. The van der Waals surface area contributed by atoms with E-state index in [9.17, 15) is 4.79 Å². The van der Waals surface area contributed by atoms with Crippen molar-refractivity contribution in [1.29, 1.82) is 0 Å². The molecule has 0 aliphatic carbocycles. The molecule has 0 heterocycles. The average molecular weight is 557 g/mol. The number of allylic oxidation sites excluding steroid dienone is 2. The summed E-state index contributed by atoms with van der Waals surface area (Å²) in [4.78, 5) is 11.7. The molecular formula is C35H44O4Si. The van der Waals surface area contributed by atoms with Gasteiger partial charge in [0.1, 0.15) is 5.60 Å². The molecular weight excluding hydrogens is 512 g/mol. The minimum absolute atomic E-state index is 0.0498. The highest BCUT2D eigenvalue weighted by molar-refractivity contribution is 6.74. The molecule has 0 amide bonds. The Balaban J connectivity index is 2.00. The predicted molar refractivity (Wildman–Crippen MR) is 167 cm³/mol. The zero-order valence-corrected chi connectivity index (χ0v) is 25.8. The zero-order valence-electron chi connectivity index (χ0n) is 24.8. The molecule has 5 heteroatoms. The smallest absolute Gasteiger partial charge is 0.330 e. The molecule has 0 aliphatic rings. The molecule has 0 spiro atoms. The van der Waals surface area contributed by atoms with Gasteiger partial charge in [0, 0.05) is 6.08 Å². The van der Waals surface area contributed by atoms with Crippen LogP contribution in [0.25, 0.3) is 0 Å². The van der Waals surface area contributed by atoms with Crippen LogP contribution in [0, 0.1) is 0 Å². The van der Waals surface area contributed by atoms with E-state index in [0.717, 1.165) is 16.7 Å². The van der Waals surface area contributed by atoms with Crippen LogP contribution in [0.15, 0.2) is 115 Å².